The molecule has 2 bridgehead atoms. The van der Waals surface area contributed by atoms with Gasteiger partial charge in [0.05, 0.1) is 34.2 Å². The van der Waals surface area contributed by atoms with Gasteiger partial charge >= 0.3 is 0 Å². The lowest BCUT2D eigenvalue weighted by Gasteiger charge is -2.46. The van der Waals surface area contributed by atoms with Crippen molar-refractivity contribution >= 4 is 44.7 Å². The van der Waals surface area contributed by atoms with Gasteiger partial charge < -0.3 is 24.0 Å². The molecule has 1 saturated carbocycles. The van der Waals surface area contributed by atoms with Gasteiger partial charge in [-0.25, -0.2) is 4.21 Å². The molecular formula is C39H50ClN3O6S. The molecule has 9 nitrogen and oxygen atoms in total. The number of ether oxygens (including phenoxy) is 3. The number of aryl methyl sites for hydroxylation is 1. The molecule has 2 aromatic carbocycles. The van der Waals surface area contributed by atoms with Crippen molar-refractivity contribution in [3.05, 3.63) is 70.3 Å². The third-order valence-corrected chi connectivity index (χ3v) is 14.5. The molecule has 0 radical (unpaired) electrons. The van der Waals surface area contributed by atoms with Crippen LogP contribution in [-0.4, -0.2) is 90.8 Å². The standard InChI is InChI=1S/C39H50ClN3O6S/c1-25-7-5-9-35(48-22-37(44)42-20-31(21-42)47-3)32-13-10-29(32)19-43-23-39(16-6-8-27-17-30(40)12-14-33(27)39)24-49-36-15-11-28(18-34(36)43)38(45)41-50(4,46)26(25)2/h5,9,11-12,14-15,17-18,25-26,29,31-32,35H,4,6-8,10,13,16,19-24H2,1-3H3,(H,41,45,46)/b9-5+/t25-,26+,29-,32+,35-,39-,50?/m0/s1. The molecule has 11 heteroatoms. The molecule has 3 aliphatic heterocycles. The number of rotatable bonds is 4. The Labute approximate surface area is 301 Å². The highest BCUT2D eigenvalue weighted by Gasteiger charge is 2.45. The molecule has 2 amide bonds. The van der Waals surface area contributed by atoms with Crippen molar-refractivity contribution in [3.8, 4) is 5.75 Å². The zero-order valence-electron chi connectivity index (χ0n) is 29.4. The van der Waals surface area contributed by atoms with Gasteiger partial charge in [0, 0.05) is 54.5 Å². The molecule has 5 aliphatic rings. The quantitative estimate of drug-likeness (QED) is 0.332. The number of allylic oxidation sites excluding steroid dienone is 1. The van der Waals surface area contributed by atoms with Crippen molar-refractivity contribution < 1.29 is 28.0 Å². The minimum atomic E-state index is -2.97. The van der Waals surface area contributed by atoms with Crippen LogP contribution in [0.15, 0.2) is 48.6 Å². The predicted molar refractivity (Wildman–Crippen MR) is 199 cm³/mol. The van der Waals surface area contributed by atoms with Crippen molar-refractivity contribution in [1.29, 1.82) is 0 Å². The molecule has 7 rings (SSSR count). The van der Waals surface area contributed by atoms with Crippen LogP contribution in [0.25, 0.3) is 0 Å². The molecule has 270 valence electrons. The van der Waals surface area contributed by atoms with Crippen molar-refractivity contribution in [1.82, 2.24) is 9.62 Å². The van der Waals surface area contributed by atoms with Crippen LogP contribution in [0.1, 0.15) is 67.4 Å². The minimum absolute atomic E-state index is 0.0173. The summed E-state index contributed by atoms with van der Waals surface area (Å²) in [5.41, 5.74) is 3.58. The Hall–Kier alpha value is -3.05. The minimum Gasteiger partial charge on any atom is -0.490 e. The summed E-state index contributed by atoms with van der Waals surface area (Å²) < 4.78 is 35.1. The van der Waals surface area contributed by atoms with E-state index in [0.717, 1.165) is 61.7 Å². The van der Waals surface area contributed by atoms with Crippen LogP contribution in [0.3, 0.4) is 0 Å². The van der Waals surface area contributed by atoms with Gasteiger partial charge in [-0.2, -0.15) is 0 Å². The van der Waals surface area contributed by atoms with E-state index in [9.17, 15) is 13.8 Å². The molecule has 1 saturated heterocycles. The number of halogens is 1. The zero-order valence-corrected chi connectivity index (χ0v) is 31.0. The van der Waals surface area contributed by atoms with Crippen LogP contribution in [0, 0.1) is 17.8 Å². The first-order valence-electron chi connectivity index (χ1n) is 18.0. The second kappa shape index (κ2) is 14.2. The summed E-state index contributed by atoms with van der Waals surface area (Å²) in [4.78, 5) is 30.9. The number of benzene rings is 2. The van der Waals surface area contributed by atoms with E-state index in [2.05, 4.69) is 39.8 Å². The van der Waals surface area contributed by atoms with E-state index in [4.69, 9.17) is 25.8 Å². The summed E-state index contributed by atoms with van der Waals surface area (Å²) in [6.07, 6.45) is 9.72. The lowest BCUT2D eigenvalue weighted by atomic mass is 9.68. The Morgan fingerprint density at radius 1 is 1.16 bits per heavy atom. The van der Waals surface area contributed by atoms with E-state index in [-0.39, 0.29) is 47.2 Å². The third kappa shape index (κ3) is 6.93. The largest absolute Gasteiger partial charge is 0.490 e. The molecular weight excluding hydrogens is 674 g/mol. The summed E-state index contributed by atoms with van der Waals surface area (Å²) in [6.45, 7) is 7.11. The van der Waals surface area contributed by atoms with E-state index >= 15 is 0 Å². The number of nitrogens with zero attached hydrogens (tertiary/aromatic N) is 2. The number of fused-ring (bicyclic) bond motifs is 4. The topological polar surface area (TPSA) is 97.4 Å². The van der Waals surface area contributed by atoms with Gasteiger partial charge in [0.2, 0.25) is 5.91 Å². The molecule has 2 aromatic rings. The van der Waals surface area contributed by atoms with Crippen molar-refractivity contribution in [3.63, 3.8) is 0 Å². The molecule has 2 fully saturated rings. The van der Waals surface area contributed by atoms with Crippen LogP contribution in [0.5, 0.6) is 5.75 Å². The van der Waals surface area contributed by atoms with E-state index in [1.807, 2.05) is 32.0 Å². The molecule has 1 unspecified atom stereocenters. The molecule has 0 aromatic heterocycles. The Kier molecular flexibility index (Phi) is 10.0. The number of amides is 2. The Bertz CT molecular complexity index is 1760. The maximum absolute atomic E-state index is 13.9. The number of hydrogen-bond donors (Lipinski definition) is 1. The second-order valence-corrected chi connectivity index (χ2v) is 18.1. The van der Waals surface area contributed by atoms with E-state index in [0.29, 0.717) is 37.6 Å². The van der Waals surface area contributed by atoms with Crippen molar-refractivity contribution in [2.75, 3.05) is 51.4 Å². The van der Waals surface area contributed by atoms with E-state index in [1.165, 1.54) is 11.1 Å². The maximum Gasteiger partial charge on any atom is 0.262 e. The first-order valence-corrected chi connectivity index (χ1v) is 20.2. The van der Waals surface area contributed by atoms with Gasteiger partial charge in [0.1, 0.15) is 12.4 Å². The van der Waals surface area contributed by atoms with Crippen LogP contribution in [-0.2, 0) is 35.8 Å². The lowest BCUT2D eigenvalue weighted by molar-refractivity contribution is -0.151. The van der Waals surface area contributed by atoms with Crippen LogP contribution in [0.2, 0.25) is 5.02 Å². The summed E-state index contributed by atoms with van der Waals surface area (Å²) in [6, 6.07) is 11.8. The molecule has 7 atom stereocenters. The summed E-state index contributed by atoms with van der Waals surface area (Å²) in [5.74, 6) is 4.82. The third-order valence-electron chi connectivity index (χ3n) is 12.1. The molecule has 1 spiro atoms. The highest BCUT2D eigenvalue weighted by molar-refractivity contribution is 7.99. The first kappa shape index (κ1) is 35.4. The fourth-order valence-electron chi connectivity index (χ4n) is 8.47. The molecule has 3 heterocycles. The van der Waals surface area contributed by atoms with Crippen LogP contribution in [0.4, 0.5) is 5.69 Å². The maximum atomic E-state index is 13.9. The number of likely N-dealkylation sites (tertiary alicyclic amines) is 1. The number of methoxy groups -OCH3 is 1. The van der Waals surface area contributed by atoms with Gasteiger partial charge in [0.25, 0.3) is 5.91 Å². The van der Waals surface area contributed by atoms with E-state index in [1.54, 1.807) is 18.1 Å². The fourth-order valence-corrected chi connectivity index (χ4v) is 10.1. The molecule has 1 N–H and O–H groups in total. The second-order valence-electron chi connectivity index (χ2n) is 15.2. The van der Waals surface area contributed by atoms with Gasteiger partial charge in [-0.15, -0.1) is 0 Å². The first-order chi connectivity index (χ1) is 24.0. The van der Waals surface area contributed by atoms with Crippen LogP contribution >= 0.6 is 11.6 Å². The summed E-state index contributed by atoms with van der Waals surface area (Å²) >= 11 is 6.46. The van der Waals surface area contributed by atoms with Gasteiger partial charge in [-0.05, 0) is 111 Å². The number of anilines is 1. The Morgan fingerprint density at radius 2 is 1.98 bits per heavy atom. The number of nitrogens with one attached hydrogen (secondary N) is 1. The average molecular weight is 724 g/mol. The highest BCUT2D eigenvalue weighted by Crippen LogP contribution is 2.47. The van der Waals surface area contributed by atoms with Crippen LogP contribution < -0.4 is 14.4 Å². The van der Waals surface area contributed by atoms with Crippen molar-refractivity contribution in [2.24, 2.45) is 17.8 Å². The summed E-state index contributed by atoms with van der Waals surface area (Å²) in [5, 5.41) is 0.370. The highest BCUT2D eigenvalue weighted by atomic mass is 35.5. The smallest absolute Gasteiger partial charge is 0.262 e. The van der Waals surface area contributed by atoms with E-state index < -0.39 is 15.6 Å². The molecule has 2 aliphatic carbocycles. The van der Waals surface area contributed by atoms with Gasteiger partial charge in [-0.3, -0.25) is 14.3 Å². The number of carbonyl (C=O) groups is 2. The average Bonchev–Trinajstić information content (AvgIpc) is 3.20. The van der Waals surface area contributed by atoms with Gasteiger partial charge in [-0.1, -0.05) is 36.7 Å². The van der Waals surface area contributed by atoms with Crippen molar-refractivity contribution in [2.45, 2.75) is 75.2 Å². The zero-order chi connectivity index (χ0) is 35.2. The predicted octanol–water partition coefficient (Wildman–Crippen LogP) is 5.43. The fraction of sp³-hybridized carbons (Fsp3) is 0.564. The molecule has 50 heavy (non-hydrogen) atoms. The van der Waals surface area contributed by atoms with Gasteiger partial charge in [0.15, 0.2) is 0 Å². The Morgan fingerprint density at radius 3 is 2.74 bits per heavy atom. The normalized spacial score (nSPS) is 33.5. The lowest BCUT2D eigenvalue weighted by Crippen LogP contribution is -2.55. The summed E-state index contributed by atoms with van der Waals surface area (Å²) in [7, 11) is -1.30. The number of hydrogen-bond acceptors (Lipinski definition) is 7. The monoisotopic (exact) mass is 723 g/mol. The number of carbonyl (C=O) groups excluding carboxylic acids is 2. The Balaban J connectivity index is 1.23. The SMILES string of the molecule is C=S1(=O)NC(=O)c2ccc3c(c2)N(C[C@@H]2CC[C@H]2[C@@H](OCC(=O)N2CC(OC)C2)/C=C/C[C@H](C)[C@H]1C)C[C@@]1(CCCc2cc(Cl)ccc21)CO3.